The Labute approximate surface area is 184 Å². The zero-order valence-electron chi connectivity index (χ0n) is 16.3. The summed E-state index contributed by atoms with van der Waals surface area (Å²) in [6, 6.07) is 0. The van der Waals surface area contributed by atoms with Crippen LogP contribution in [0.1, 0.15) is 57.8 Å². The third kappa shape index (κ3) is 7.70. The lowest BCUT2D eigenvalue weighted by molar-refractivity contribution is -0.188. The van der Waals surface area contributed by atoms with Crippen LogP contribution < -0.4 is 0 Å². The maximum atomic E-state index is 12.8. The molecule has 0 spiro atoms. The van der Waals surface area contributed by atoms with E-state index in [9.17, 15) is 13.2 Å². The normalized spacial score (nSPS) is 29.4. The number of unbranched alkanes of at least 4 members (excludes halogenated alkanes) is 3. The molecule has 6 nitrogen and oxygen atoms in total. The van der Waals surface area contributed by atoms with Gasteiger partial charge in [0.1, 0.15) is 0 Å². The Morgan fingerprint density at radius 3 is 2.57 bits per heavy atom. The number of methoxy groups -OCH3 is 1. The molecule has 28 heavy (non-hydrogen) atoms. The number of rotatable bonds is 10. The fourth-order valence-corrected chi connectivity index (χ4v) is 6.76. The predicted octanol–water partition coefficient (Wildman–Crippen LogP) is 4.46. The van der Waals surface area contributed by atoms with Crippen molar-refractivity contribution in [2.24, 2.45) is 5.92 Å². The van der Waals surface area contributed by atoms with Crippen molar-refractivity contribution in [2.45, 2.75) is 75.4 Å². The van der Waals surface area contributed by atoms with Crippen LogP contribution in [-0.4, -0.2) is 51.5 Å². The highest BCUT2D eigenvalue weighted by molar-refractivity contribution is 9.28. The Bertz CT molecular complexity index is 626. The van der Waals surface area contributed by atoms with Crippen LogP contribution in [0.15, 0.2) is 9.47 Å². The van der Waals surface area contributed by atoms with E-state index in [1.54, 1.807) is 0 Å². The van der Waals surface area contributed by atoms with Gasteiger partial charge in [-0.25, -0.2) is 8.42 Å². The Kier molecular flexibility index (Phi) is 10.4. The number of ether oxygens (including phenoxy) is 3. The van der Waals surface area contributed by atoms with Gasteiger partial charge in [0.05, 0.1) is 27.6 Å². The molecule has 2 heterocycles. The summed E-state index contributed by atoms with van der Waals surface area (Å²) in [5, 5.41) is -0.452. The van der Waals surface area contributed by atoms with Gasteiger partial charge in [0.25, 0.3) is 0 Å². The van der Waals surface area contributed by atoms with Crippen LogP contribution in [0.2, 0.25) is 0 Å². The molecule has 2 fully saturated rings. The van der Waals surface area contributed by atoms with E-state index in [1.807, 2.05) is 6.08 Å². The van der Waals surface area contributed by atoms with Crippen LogP contribution >= 0.6 is 31.9 Å². The second-order valence-corrected chi connectivity index (χ2v) is 12.4. The average Bonchev–Trinajstić information content (AvgIpc) is 2.87. The first kappa shape index (κ1) is 24.3. The molecule has 0 radical (unpaired) electrons. The highest BCUT2D eigenvalue weighted by Crippen LogP contribution is 2.37. The first-order valence-electron chi connectivity index (χ1n) is 9.91. The quantitative estimate of drug-likeness (QED) is 0.298. The molecular formula is C19H30Br2O6S. The van der Waals surface area contributed by atoms with E-state index in [-0.39, 0.29) is 30.0 Å². The maximum absolute atomic E-state index is 12.8. The van der Waals surface area contributed by atoms with Crippen LogP contribution in [0.25, 0.3) is 0 Å². The smallest absolute Gasteiger partial charge is 0.305 e. The zero-order chi connectivity index (χ0) is 20.6. The van der Waals surface area contributed by atoms with Crippen molar-refractivity contribution < 1.29 is 27.4 Å². The van der Waals surface area contributed by atoms with Crippen molar-refractivity contribution in [2.75, 3.05) is 19.5 Å². The Morgan fingerprint density at radius 1 is 1.18 bits per heavy atom. The van der Waals surface area contributed by atoms with Gasteiger partial charge in [-0.3, -0.25) is 4.79 Å². The Morgan fingerprint density at radius 2 is 1.93 bits per heavy atom. The molecule has 2 rings (SSSR count). The molecule has 0 saturated carbocycles. The number of hydrogen-bond donors (Lipinski definition) is 0. The van der Waals surface area contributed by atoms with E-state index >= 15 is 0 Å². The van der Waals surface area contributed by atoms with E-state index in [0.717, 1.165) is 48.3 Å². The highest BCUT2D eigenvalue weighted by Gasteiger charge is 2.47. The second kappa shape index (κ2) is 12.0. The summed E-state index contributed by atoms with van der Waals surface area (Å²) in [6.45, 7) is 0.668. The lowest BCUT2D eigenvalue weighted by Gasteiger charge is -2.28. The summed E-state index contributed by atoms with van der Waals surface area (Å²) in [4.78, 5) is 11.1. The molecule has 2 saturated heterocycles. The molecule has 162 valence electrons. The van der Waals surface area contributed by atoms with Crippen molar-refractivity contribution in [1.82, 2.24) is 0 Å². The van der Waals surface area contributed by atoms with Gasteiger partial charge in [0, 0.05) is 18.9 Å². The van der Waals surface area contributed by atoms with Gasteiger partial charge in [0.15, 0.2) is 16.1 Å². The first-order chi connectivity index (χ1) is 13.3. The third-order valence-electron chi connectivity index (χ3n) is 5.35. The molecule has 1 unspecified atom stereocenters. The molecular weight excluding hydrogens is 516 g/mol. The largest absolute Gasteiger partial charge is 0.469 e. The van der Waals surface area contributed by atoms with Crippen molar-refractivity contribution in [3.63, 3.8) is 0 Å². The molecule has 0 aromatic carbocycles. The van der Waals surface area contributed by atoms with Crippen LogP contribution in [-0.2, 0) is 28.8 Å². The van der Waals surface area contributed by atoms with E-state index in [1.165, 1.54) is 7.11 Å². The number of carbonyl (C=O) groups excluding carboxylic acids is 1. The molecule has 9 heteroatoms. The monoisotopic (exact) mass is 544 g/mol. The van der Waals surface area contributed by atoms with Crippen LogP contribution in [0.5, 0.6) is 0 Å². The number of hydrogen-bond acceptors (Lipinski definition) is 6. The number of esters is 1. The third-order valence-corrected chi connectivity index (χ3v) is 8.14. The molecule has 0 aliphatic carbocycles. The lowest BCUT2D eigenvalue weighted by Crippen LogP contribution is -2.32. The summed E-state index contributed by atoms with van der Waals surface area (Å²) >= 11 is 6.75. The second-order valence-electron chi connectivity index (χ2n) is 7.40. The summed E-state index contributed by atoms with van der Waals surface area (Å²) in [5.74, 6) is -0.371. The SMILES string of the molecule is COC(=O)CCCCCC[C@@H]1[C@@H](C=C(Br)Br)[C@H](OC2CCCCO2)CS1(=O)=O. The van der Waals surface area contributed by atoms with Gasteiger partial charge in [-0.15, -0.1) is 0 Å². The minimum absolute atomic E-state index is 0.0360. The fraction of sp³-hybridized carbons (Fsp3) is 0.842. The molecule has 2 aliphatic heterocycles. The van der Waals surface area contributed by atoms with Crippen molar-refractivity contribution in [3.05, 3.63) is 9.47 Å². The molecule has 2 aliphatic rings. The summed E-state index contributed by atoms with van der Waals surface area (Å²) in [5.41, 5.74) is 0. The maximum Gasteiger partial charge on any atom is 0.305 e. The summed E-state index contributed by atoms with van der Waals surface area (Å²) in [7, 11) is -1.84. The minimum Gasteiger partial charge on any atom is -0.469 e. The summed E-state index contributed by atoms with van der Waals surface area (Å²) < 4.78 is 42.7. The standard InChI is InChI=1S/C19H30Br2O6S/c1-25-18(22)9-5-3-2-4-8-16-14(12-17(20)21)15(13-28(16,23)24)27-19-10-6-7-11-26-19/h12,14-16,19H,2-11,13H2,1H3/t14-,15+,16+,19?/m0/s1. The van der Waals surface area contributed by atoms with Gasteiger partial charge in [-0.1, -0.05) is 25.3 Å². The van der Waals surface area contributed by atoms with Gasteiger partial charge >= 0.3 is 5.97 Å². The van der Waals surface area contributed by atoms with Crippen molar-refractivity contribution in [3.8, 4) is 0 Å². The molecule has 0 aromatic rings. The molecule has 0 bridgehead atoms. The highest BCUT2D eigenvalue weighted by atomic mass is 79.9. The van der Waals surface area contributed by atoms with Crippen LogP contribution in [0.4, 0.5) is 0 Å². The van der Waals surface area contributed by atoms with Gasteiger partial charge in [-0.2, -0.15) is 0 Å². The molecule has 0 aromatic heterocycles. The predicted molar refractivity (Wildman–Crippen MR) is 115 cm³/mol. The average molecular weight is 546 g/mol. The minimum atomic E-state index is -3.23. The van der Waals surface area contributed by atoms with Gasteiger partial charge in [0.2, 0.25) is 0 Å². The zero-order valence-corrected chi connectivity index (χ0v) is 20.3. The first-order valence-corrected chi connectivity index (χ1v) is 13.2. The van der Waals surface area contributed by atoms with E-state index in [4.69, 9.17) is 9.47 Å². The van der Waals surface area contributed by atoms with Crippen LogP contribution in [0, 0.1) is 5.92 Å². The van der Waals surface area contributed by atoms with E-state index in [2.05, 4.69) is 36.6 Å². The lowest BCUT2D eigenvalue weighted by atomic mass is 9.95. The van der Waals surface area contributed by atoms with Crippen LogP contribution in [0.3, 0.4) is 0 Å². The summed E-state index contributed by atoms with van der Waals surface area (Å²) in [6.07, 6.45) is 8.46. The number of halogens is 2. The van der Waals surface area contributed by atoms with Gasteiger partial charge in [-0.05, 0) is 64.0 Å². The fourth-order valence-electron chi connectivity index (χ4n) is 3.89. The molecule has 0 amide bonds. The van der Waals surface area contributed by atoms with Crippen molar-refractivity contribution >= 4 is 47.7 Å². The number of sulfone groups is 1. The molecule has 4 atom stereocenters. The van der Waals surface area contributed by atoms with E-state index in [0.29, 0.717) is 19.4 Å². The van der Waals surface area contributed by atoms with Crippen molar-refractivity contribution in [1.29, 1.82) is 0 Å². The topological polar surface area (TPSA) is 78.9 Å². The molecule has 0 N–H and O–H groups in total. The Balaban J connectivity index is 1.92. The van der Waals surface area contributed by atoms with E-state index < -0.39 is 15.1 Å². The Hall–Kier alpha value is 0.0400. The van der Waals surface area contributed by atoms with Gasteiger partial charge < -0.3 is 14.2 Å². The number of carbonyl (C=O) groups is 1.